The minimum absolute atomic E-state index is 0.569. The monoisotopic (exact) mass is 278 g/mol. The van der Waals surface area contributed by atoms with Crippen molar-refractivity contribution in [3.63, 3.8) is 0 Å². The quantitative estimate of drug-likeness (QED) is 0.670. The summed E-state index contributed by atoms with van der Waals surface area (Å²) < 4.78 is 7.54. The van der Waals surface area contributed by atoms with Crippen molar-refractivity contribution in [3.05, 3.63) is 78.4 Å². The summed E-state index contributed by atoms with van der Waals surface area (Å²) in [6.45, 7) is 0.611. The molecule has 0 saturated heterocycles. The van der Waals surface area contributed by atoms with Gasteiger partial charge in [0.1, 0.15) is 17.2 Å². The first-order valence-corrected chi connectivity index (χ1v) is 6.62. The fraction of sp³-hybridized carbons (Fsp3) is 0.0588. The van der Waals surface area contributed by atoms with Crippen LogP contribution in [-0.2, 0) is 6.54 Å². The summed E-state index contributed by atoms with van der Waals surface area (Å²) in [4.78, 5) is 14.8. The molecule has 1 aromatic heterocycles. The maximum atomic E-state index is 10.9. The molecule has 0 fully saturated rings. The Kier molecular flexibility index (Phi) is 3.78. The topological polar surface area (TPSA) is 44.1 Å². The first-order chi connectivity index (χ1) is 10.3. The van der Waals surface area contributed by atoms with Crippen molar-refractivity contribution >= 4 is 6.29 Å². The van der Waals surface area contributed by atoms with Gasteiger partial charge in [0.05, 0.1) is 12.5 Å². The van der Waals surface area contributed by atoms with E-state index in [2.05, 4.69) is 4.98 Å². The van der Waals surface area contributed by atoms with Gasteiger partial charge in [0, 0.05) is 6.54 Å². The number of carbonyl (C=O) groups is 1. The molecule has 0 saturated carbocycles. The van der Waals surface area contributed by atoms with Crippen molar-refractivity contribution in [1.29, 1.82) is 0 Å². The van der Waals surface area contributed by atoms with Crippen LogP contribution in [-0.4, -0.2) is 15.8 Å². The number of aldehydes is 1. The minimum Gasteiger partial charge on any atom is -0.457 e. The van der Waals surface area contributed by atoms with Gasteiger partial charge in [0.2, 0.25) is 0 Å². The number of imidazole rings is 1. The highest BCUT2D eigenvalue weighted by molar-refractivity contribution is 5.71. The van der Waals surface area contributed by atoms with Gasteiger partial charge in [-0.1, -0.05) is 30.3 Å². The molecule has 3 rings (SSSR count). The lowest BCUT2D eigenvalue weighted by atomic mass is 10.2. The maximum absolute atomic E-state index is 10.9. The lowest BCUT2D eigenvalue weighted by Gasteiger charge is -2.08. The average Bonchev–Trinajstić information content (AvgIpc) is 2.97. The number of carbonyl (C=O) groups excluding carboxylic acids is 1. The summed E-state index contributed by atoms with van der Waals surface area (Å²) >= 11 is 0. The molecule has 4 heteroatoms. The molecule has 0 atom stereocenters. The third-order valence-corrected chi connectivity index (χ3v) is 3.12. The summed E-state index contributed by atoms with van der Waals surface area (Å²) in [5.41, 5.74) is 1.65. The van der Waals surface area contributed by atoms with E-state index in [0.29, 0.717) is 12.2 Å². The summed E-state index contributed by atoms with van der Waals surface area (Å²) in [6, 6.07) is 17.4. The number of rotatable bonds is 5. The van der Waals surface area contributed by atoms with E-state index in [1.807, 2.05) is 54.6 Å². The predicted molar refractivity (Wildman–Crippen MR) is 79.7 cm³/mol. The van der Waals surface area contributed by atoms with Crippen LogP contribution in [0.1, 0.15) is 16.1 Å². The molecule has 0 aliphatic heterocycles. The third-order valence-electron chi connectivity index (χ3n) is 3.12. The van der Waals surface area contributed by atoms with Crippen LogP contribution in [0.15, 0.2) is 67.1 Å². The number of nitrogens with zero attached hydrogens (tertiary/aromatic N) is 2. The smallest absolute Gasteiger partial charge is 0.168 e. The zero-order valence-electron chi connectivity index (χ0n) is 11.3. The van der Waals surface area contributed by atoms with Gasteiger partial charge in [-0.3, -0.25) is 4.79 Å². The molecule has 0 amide bonds. The van der Waals surface area contributed by atoms with E-state index in [4.69, 9.17) is 4.74 Å². The molecule has 1 heterocycles. The Morgan fingerprint density at radius 3 is 2.43 bits per heavy atom. The standard InChI is InChI=1S/C17H14N2O2/c20-12-15-10-18-13-19(15)11-14-6-8-17(9-7-14)21-16-4-2-1-3-5-16/h1-10,12-13H,11H2. The Balaban J connectivity index is 1.71. The van der Waals surface area contributed by atoms with Gasteiger partial charge in [0.15, 0.2) is 6.29 Å². The molecule has 0 unspecified atom stereocenters. The second kappa shape index (κ2) is 6.05. The number of hydrogen-bond acceptors (Lipinski definition) is 3. The molecule has 2 aromatic carbocycles. The van der Waals surface area contributed by atoms with E-state index in [1.165, 1.54) is 0 Å². The molecular formula is C17H14N2O2. The molecular weight excluding hydrogens is 264 g/mol. The molecule has 4 nitrogen and oxygen atoms in total. The van der Waals surface area contributed by atoms with Crippen LogP contribution < -0.4 is 4.74 Å². The zero-order chi connectivity index (χ0) is 14.5. The SMILES string of the molecule is O=Cc1cncn1Cc1ccc(Oc2ccccc2)cc1. The lowest BCUT2D eigenvalue weighted by molar-refractivity contribution is 0.111. The van der Waals surface area contributed by atoms with Gasteiger partial charge >= 0.3 is 0 Å². The maximum Gasteiger partial charge on any atom is 0.168 e. The van der Waals surface area contributed by atoms with Crippen LogP contribution in [0.3, 0.4) is 0 Å². The second-order valence-corrected chi connectivity index (χ2v) is 4.62. The molecule has 21 heavy (non-hydrogen) atoms. The first-order valence-electron chi connectivity index (χ1n) is 6.62. The Morgan fingerprint density at radius 1 is 1.00 bits per heavy atom. The van der Waals surface area contributed by atoms with E-state index < -0.39 is 0 Å². The Hall–Kier alpha value is -2.88. The molecule has 0 aliphatic rings. The largest absolute Gasteiger partial charge is 0.457 e. The average molecular weight is 278 g/mol. The highest BCUT2D eigenvalue weighted by Gasteiger charge is 2.02. The molecule has 0 bridgehead atoms. The highest BCUT2D eigenvalue weighted by Crippen LogP contribution is 2.21. The number of ether oxygens (including phenoxy) is 1. The van der Waals surface area contributed by atoms with Crippen LogP contribution in [0.5, 0.6) is 11.5 Å². The molecule has 0 N–H and O–H groups in total. The fourth-order valence-electron chi connectivity index (χ4n) is 2.05. The summed E-state index contributed by atoms with van der Waals surface area (Å²) in [5.74, 6) is 1.59. The van der Waals surface area contributed by atoms with Gasteiger partial charge in [0.25, 0.3) is 0 Å². The van der Waals surface area contributed by atoms with Crippen molar-refractivity contribution in [3.8, 4) is 11.5 Å². The van der Waals surface area contributed by atoms with Crippen molar-refractivity contribution in [2.24, 2.45) is 0 Å². The van der Waals surface area contributed by atoms with Crippen molar-refractivity contribution in [2.75, 3.05) is 0 Å². The summed E-state index contributed by atoms with van der Waals surface area (Å²) in [5, 5.41) is 0. The molecule has 3 aromatic rings. The number of hydrogen-bond donors (Lipinski definition) is 0. The number of benzene rings is 2. The second-order valence-electron chi connectivity index (χ2n) is 4.62. The molecule has 0 radical (unpaired) electrons. The Labute approximate surface area is 122 Å². The van der Waals surface area contributed by atoms with Gasteiger partial charge < -0.3 is 9.30 Å². The molecule has 0 aliphatic carbocycles. The molecule has 0 spiro atoms. The van der Waals surface area contributed by atoms with Gasteiger partial charge in [-0.05, 0) is 29.8 Å². The summed E-state index contributed by atoms with van der Waals surface area (Å²) in [7, 11) is 0. The fourth-order valence-corrected chi connectivity index (χ4v) is 2.05. The van der Waals surface area contributed by atoms with Gasteiger partial charge in [-0.25, -0.2) is 4.98 Å². The van der Waals surface area contributed by atoms with Crippen LogP contribution in [0.25, 0.3) is 0 Å². The summed E-state index contributed by atoms with van der Waals surface area (Å²) in [6.07, 6.45) is 4.01. The normalized spacial score (nSPS) is 10.3. The van der Waals surface area contributed by atoms with E-state index in [9.17, 15) is 4.79 Å². The van der Waals surface area contributed by atoms with Crippen LogP contribution in [0.2, 0.25) is 0 Å². The van der Waals surface area contributed by atoms with E-state index in [-0.39, 0.29) is 0 Å². The Bertz CT molecular complexity index is 718. The van der Waals surface area contributed by atoms with Crippen LogP contribution in [0, 0.1) is 0 Å². The van der Waals surface area contributed by atoms with E-state index in [0.717, 1.165) is 23.3 Å². The first kappa shape index (κ1) is 13.1. The predicted octanol–water partition coefficient (Wildman–Crippen LogP) is 3.54. The van der Waals surface area contributed by atoms with Crippen LogP contribution >= 0.6 is 0 Å². The van der Waals surface area contributed by atoms with E-state index >= 15 is 0 Å². The third kappa shape index (κ3) is 3.17. The lowest BCUT2D eigenvalue weighted by Crippen LogP contribution is -2.02. The minimum atomic E-state index is 0.569. The zero-order valence-corrected chi connectivity index (χ0v) is 11.3. The molecule has 104 valence electrons. The number of aromatic nitrogens is 2. The van der Waals surface area contributed by atoms with Gasteiger partial charge in [-0.15, -0.1) is 0 Å². The van der Waals surface area contributed by atoms with E-state index in [1.54, 1.807) is 17.1 Å². The van der Waals surface area contributed by atoms with Gasteiger partial charge in [-0.2, -0.15) is 0 Å². The van der Waals surface area contributed by atoms with Crippen molar-refractivity contribution in [1.82, 2.24) is 9.55 Å². The van der Waals surface area contributed by atoms with Crippen molar-refractivity contribution in [2.45, 2.75) is 6.54 Å². The Morgan fingerprint density at radius 2 is 1.71 bits per heavy atom. The van der Waals surface area contributed by atoms with Crippen molar-refractivity contribution < 1.29 is 9.53 Å². The number of para-hydroxylation sites is 1. The highest BCUT2D eigenvalue weighted by atomic mass is 16.5. The van der Waals surface area contributed by atoms with Crippen LogP contribution in [0.4, 0.5) is 0 Å².